The molecule has 0 aliphatic carbocycles. The maximum Gasteiger partial charge on any atom is 0.434 e. The Balaban J connectivity index is 1.63. The van der Waals surface area contributed by atoms with Gasteiger partial charge in [-0.2, -0.15) is 14.8 Å². The molecule has 0 saturated heterocycles. The molecule has 0 unspecified atom stereocenters. The highest BCUT2D eigenvalue weighted by atomic mass is 19.1. The number of benzene rings is 2. The SMILES string of the molecule is COC(=O)n1nc(C)c2cc(Nc3nc(Nc4cccc(O)c4)ncc3F)ccc21. The number of methoxy groups -OCH3 is 1. The van der Waals surface area contributed by atoms with Gasteiger partial charge in [0.2, 0.25) is 5.95 Å². The molecule has 0 radical (unpaired) electrons. The van der Waals surface area contributed by atoms with Crippen LogP contribution in [-0.2, 0) is 4.74 Å². The monoisotopic (exact) mass is 408 g/mol. The molecule has 152 valence electrons. The van der Waals surface area contributed by atoms with Crippen LogP contribution in [0.2, 0.25) is 0 Å². The molecular weight excluding hydrogens is 391 g/mol. The normalized spacial score (nSPS) is 10.8. The standard InChI is InChI=1S/C20H17FN6O3/c1-11-15-9-13(6-7-17(15)27(26-11)20(29)30-2)23-18-16(21)10-22-19(25-18)24-12-4-3-5-14(28)8-12/h3-10,28H,1-2H3,(H2,22,23,24,25). The van der Waals surface area contributed by atoms with Crippen LogP contribution in [0.5, 0.6) is 5.75 Å². The predicted octanol–water partition coefficient (Wildman–Crippen LogP) is 4.08. The lowest BCUT2D eigenvalue weighted by Gasteiger charge is -2.10. The van der Waals surface area contributed by atoms with E-state index >= 15 is 0 Å². The summed E-state index contributed by atoms with van der Waals surface area (Å²) in [7, 11) is 1.28. The fourth-order valence-corrected chi connectivity index (χ4v) is 2.94. The average molecular weight is 408 g/mol. The fraction of sp³-hybridized carbons (Fsp3) is 0.100. The van der Waals surface area contributed by atoms with E-state index in [9.17, 15) is 14.3 Å². The molecule has 0 aliphatic heterocycles. The lowest BCUT2D eigenvalue weighted by Crippen LogP contribution is -2.12. The third kappa shape index (κ3) is 3.70. The number of aromatic hydroxyl groups is 1. The second-order valence-corrected chi connectivity index (χ2v) is 6.39. The summed E-state index contributed by atoms with van der Waals surface area (Å²) in [4.78, 5) is 19.9. The van der Waals surface area contributed by atoms with Gasteiger partial charge in [0, 0.05) is 22.8 Å². The minimum atomic E-state index is -0.640. The molecule has 0 aliphatic rings. The first kappa shape index (κ1) is 19.1. The molecule has 4 aromatic rings. The van der Waals surface area contributed by atoms with Crippen molar-refractivity contribution in [2.45, 2.75) is 6.92 Å². The minimum Gasteiger partial charge on any atom is -0.508 e. The molecule has 0 atom stereocenters. The lowest BCUT2D eigenvalue weighted by atomic mass is 10.2. The van der Waals surface area contributed by atoms with Crippen molar-refractivity contribution in [1.29, 1.82) is 0 Å². The molecule has 0 bridgehead atoms. The Labute approximate surface area is 170 Å². The van der Waals surface area contributed by atoms with Crippen LogP contribution < -0.4 is 10.6 Å². The summed E-state index contributed by atoms with van der Waals surface area (Å²) < 4.78 is 20.2. The van der Waals surface area contributed by atoms with Gasteiger partial charge in [0.15, 0.2) is 11.6 Å². The van der Waals surface area contributed by atoms with Crippen LogP contribution in [0.25, 0.3) is 10.9 Å². The number of anilines is 4. The van der Waals surface area contributed by atoms with Gasteiger partial charge < -0.3 is 20.5 Å². The molecule has 0 amide bonds. The second-order valence-electron chi connectivity index (χ2n) is 6.39. The lowest BCUT2D eigenvalue weighted by molar-refractivity contribution is 0.170. The van der Waals surface area contributed by atoms with E-state index < -0.39 is 11.9 Å². The highest BCUT2D eigenvalue weighted by Crippen LogP contribution is 2.26. The number of nitrogens with one attached hydrogen (secondary N) is 2. The van der Waals surface area contributed by atoms with Crippen LogP contribution in [0.3, 0.4) is 0 Å². The number of rotatable bonds is 4. The van der Waals surface area contributed by atoms with Crippen molar-refractivity contribution in [2.75, 3.05) is 17.7 Å². The Kier molecular flexibility index (Phi) is 4.88. The summed E-state index contributed by atoms with van der Waals surface area (Å²) in [6, 6.07) is 11.5. The molecule has 10 heteroatoms. The van der Waals surface area contributed by atoms with Crippen molar-refractivity contribution in [1.82, 2.24) is 19.7 Å². The molecule has 0 saturated carbocycles. The quantitative estimate of drug-likeness (QED) is 0.463. The van der Waals surface area contributed by atoms with Crippen molar-refractivity contribution in [3.8, 4) is 5.75 Å². The zero-order valence-electron chi connectivity index (χ0n) is 16.0. The van der Waals surface area contributed by atoms with Gasteiger partial charge in [-0.25, -0.2) is 14.2 Å². The third-order valence-corrected chi connectivity index (χ3v) is 4.32. The van der Waals surface area contributed by atoms with Crippen molar-refractivity contribution in [3.05, 3.63) is 60.2 Å². The summed E-state index contributed by atoms with van der Waals surface area (Å²) in [5.41, 5.74) is 2.29. The Hall–Kier alpha value is -4.21. The number of nitrogens with zero attached hydrogens (tertiary/aromatic N) is 4. The van der Waals surface area contributed by atoms with Gasteiger partial charge in [0.25, 0.3) is 0 Å². The zero-order valence-corrected chi connectivity index (χ0v) is 16.0. The first-order chi connectivity index (χ1) is 14.4. The smallest absolute Gasteiger partial charge is 0.434 e. The van der Waals surface area contributed by atoms with E-state index in [4.69, 9.17) is 4.74 Å². The fourth-order valence-electron chi connectivity index (χ4n) is 2.94. The van der Waals surface area contributed by atoms with Crippen LogP contribution in [0.15, 0.2) is 48.7 Å². The maximum atomic E-state index is 14.3. The van der Waals surface area contributed by atoms with Crippen LogP contribution in [0.4, 0.5) is 32.3 Å². The summed E-state index contributed by atoms with van der Waals surface area (Å²) >= 11 is 0. The number of hydrogen-bond acceptors (Lipinski definition) is 8. The summed E-state index contributed by atoms with van der Waals surface area (Å²) in [5, 5.41) is 20.3. The van der Waals surface area contributed by atoms with Gasteiger partial charge >= 0.3 is 6.09 Å². The molecule has 4 rings (SSSR count). The Morgan fingerprint density at radius 2 is 1.97 bits per heavy atom. The number of fused-ring (bicyclic) bond motifs is 1. The van der Waals surface area contributed by atoms with Crippen LogP contribution in [0, 0.1) is 12.7 Å². The average Bonchev–Trinajstić information content (AvgIpc) is 3.06. The van der Waals surface area contributed by atoms with Gasteiger partial charge in [-0.05, 0) is 37.3 Å². The Morgan fingerprint density at radius 1 is 1.17 bits per heavy atom. The van der Waals surface area contributed by atoms with Crippen molar-refractivity contribution >= 4 is 40.1 Å². The zero-order chi connectivity index (χ0) is 21.3. The number of ether oxygens (including phenoxy) is 1. The molecule has 2 heterocycles. The van der Waals surface area contributed by atoms with Gasteiger partial charge in [-0.15, -0.1) is 0 Å². The number of aromatic nitrogens is 4. The van der Waals surface area contributed by atoms with E-state index in [1.807, 2.05) is 0 Å². The Morgan fingerprint density at radius 3 is 2.73 bits per heavy atom. The predicted molar refractivity (Wildman–Crippen MR) is 109 cm³/mol. The number of hydrogen-bond donors (Lipinski definition) is 3. The molecule has 0 fully saturated rings. The maximum absolute atomic E-state index is 14.3. The number of carbonyl (C=O) groups is 1. The topological polar surface area (TPSA) is 114 Å². The van der Waals surface area contributed by atoms with Crippen LogP contribution in [-0.4, -0.2) is 38.1 Å². The number of aryl methyl sites for hydroxylation is 1. The number of carbonyl (C=O) groups excluding carboxylic acids is 1. The summed E-state index contributed by atoms with van der Waals surface area (Å²) in [5.74, 6) is -0.444. The molecule has 3 N–H and O–H groups in total. The third-order valence-electron chi connectivity index (χ3n) is 4.32. The first-order valence-corrected chi connectivity index (χ1v) is 8.88. The van der Waals surface area contributed by atoms with Gasteiger partial charge in [-0.1, -0.05) is 6.07 Å². The molecular formula is C20H17FN6O3. The molecule has 0 spiro atoms. The van der Waals surface area contributed by atoms with Crippen molar-refractivity contribution < 1.29 is 19.0 Å². The van der Waals surface area contributed by atoms with Crippen molar-refractivity contribution in [2.24, 2.45) is 0 Å². The van der Waals surface area contributed by atoms with Crippen LogP contribution >= 0.6 is 0 Å². The minimum absolute atomic E-state index is 0.0370. The van der Waals surface area contributed by atoms with E-state index in [0.29, 0.717) is 28.0 Å². The number of halogens is 1. The second kappa shape index (κ2) is 7.66. The molecule has 2 aromatic heterocycles. The molecule has 2 aromatic carbocycles. The van der Waals surface area contributed by atoms with Gasteiger partial charge in [0.05, 0.1) is 24.5 Å². The van der Waals surface area contributed by atoms with E-state index in [0.717, 1.165) is 10.9 Å². The van der Waals surface area contributed by atoms with E-state index in [2.05, 4.69) is 25.7 Å². The molecule has 9 nitrogen and oxygen atoms in total. The summed E-state index contributed by atoms with van der Waals surface area (Å²) in [6.45, 7) is 1.76. The van der Waals surface area contributed by atoms with E-state index in [1.54, 1.807) is 37.3 Å². The number of phenols is 1. The van der Waals surface area contributed by atoms with Crippen molar-refractivity contribution in [3.63, 3.8) is 0 Å². The molecule has 30 heavy (non-hydrogen) atoms. The largest absolute Gasteiger partial charge is 0.508 e. The van der Waals surface area contributed by atoms with Gasteiger partial charge in [-0.3, -0.25) is 0 Å². The summed E-state index contributed by atoms with van der Waals surface area (Å²) in [6.07, 6.45) is 0.442. The number of phenolic OH excluding ortho intramolecular Hbond substituents is 1. The first-order valence-electron chi connectivity index (χ1n) is 8.88. The Bertz CT molecular complexity index is 1260. The highest BCUT2D eigenvalue weighted by Gasteiger charge is 2.15. The van der Waals surface area contributed by atoms with Crippen LogP contribution in [0.1, 0.15) is 5.69 Å². The van der Waals surface area contributed by atoms with Gasteiger partial charge in [0.1, 0.15) is 5.75 Å². The van der Waals surface area contributed by atoms with E-state index in [1.165, 1.54) is 19.2 Å². The highest BCUT2D eigenvalue weighted by molar-refractivity contribution is 5.92. The van der Waals surface area contributed by atoms with E-state index in [-0.39, 0.29) is 17.5 Å².